The maximum atomic E-state index is 14.4. The second kappa shape index (κ2) is 6.37. The third-order valence-corrected chi connectivity index (χ3v) is 4.08. The first kappa shape index (κ1) is 16.1. The highest BCUT2D eigenvalue weighted by Gasteiger charge is 2.28. The number of amides is 2. The van der Waals surface area contributed by atoms with Crippen molar-refractivity contribution in [2.24, 2.45) is 5.10 Å². The molecule has 0 radical (unpaired) electrons. The molecule has 0 spiro atoms. The standard InChI is InChI=1S/C14H14ClFN4O2S/c1-2-10-18-11-12(9(16)7-8(15)13(11)22-10)20(23)14(21)19-6-4-3-5-17-19/h5,7,23H,2-4,6H2,1H3. The van der Waals surface area contributed by atoms with Crippen molar-refractivity contribution in [3.63, 3.8) is 0 Å². The molecule has 3 rings (SSSR count). The number of oxazole rings is 1. The highest BCUT2D eigenvalue weighted by atomic mass is 35.5. The van der Waals surface area contributed by atoms with Crippen LogP contribution in [0, 0.1) is 5.82 Å². The van der Waals surface area contributed by atoms with Crippen molar-refractivity contribution in [3.05, 3.63) is 22.8 Å². The van der Waals surface area contributed by atoms with E-state index in [0.717, 1.165) is 23.2 Å². The van der Waals surface area contributed by atoms with Gasteiger partial charge >= 0.3 is 6.03 Å². The number of hydrazone groups is 1. The van der Waals surface area contributed by atoms with Gasteiger partial charge in [-0.3, -0.25) is 0 Å². The van der Waals surface area contributed by atoms with Gasteiger partial charge in [-0.2, -0.15) is 5.10 Å². The Bertz CT molecular complexity index is 795. The molecule has 1 aliphatic rings. The van der Waals surface area contributed by atoms with Gasteiger partial charge < -0.3 is 4.42 Å². The van der Waals surface area contributed by atoms with Gasteiger partial charge in [0.15, 0.2) is 17.3 Å². The Morgan fingerprint density at radius 1 is 1.61 bits per heavy atom. The number of anilines is 1. The molecule has 23 heavy (non-hydrogen) atoms. The number of aryl methyl sites for hydroxylation is 1. The number of nitrogens with zero attached hydrogens (tertiary/aromatic N) is 4. The summed E-state index contributed by atoms with van der Waals surface area (Å²) >= 11 is 10.1. The Labute approximate surface area is 142 Å². The molecule has 0 unspecified atom stereocenters. The lowest BCUT2D eigenvalue weighted by atomic mass is 10.2. The Balaban J connectivity index is 2.07. The number of fused-ring (bicyclic) bond motifs is 1. The lowest BCUT2D eigenvalue weighted by molar-refractivity contribution is 0.209. The van der Waals surface area contributed by atoms with E-state index in [2.05, 4.69) is 22.9 Å². The molecule has 122 valence electrons. The first-order valence-electron chi connectivity index (χ1n) is 7.13. The smallest absolute Gasteiger partial charge is 0.355 e. The number of halogens is 2. The molecule has 0 fully saturated rings. The van der Waals surface area contributed by atoms with E-state index < -0.39 is 11.8 Å². The predicted molar refractivity (Wildman–Crippen MR) is 89.6 cm³/mol. The van der Waals surface area contributed by atoms with E-state index in [1.165, 1.54) is 5.01 Å². The van der Waals surface area contributed by atoms with Crippen LogP contribution in [0.25, 0.3) is 11.1 Å². The number of carbonyl (C=O) groups excluding carboxylic acids is 1. The van der Waals surface area contributed by atoms with Crippen molar-refractivity contribution in [3.8, 4) is 0 Å². The van der Waals surface area contributed by atoms with E-state index in [1.807, 2.05) is 6.92 Å². The van der Waals surface area contributed by atoms with Gasteiger partial charge in [0.25, 0.3) is 0 Å². The van der Waals surface area contributed by atoms with Gasteiger partial charge in [-0.05, 0) is 18.9 Å². The van der Waals surface area contributed by atoms with Crippen molar-refractivity contribution in [1.29, 1.82) is 0 Å². The fourth-order valence-electron chi connectivity index (χ4n) is 2.29. The van der Waals surface area contributed by atoms with Crippen molar-refractivity contribution in [1.82, 2.24) is 9.99 Å². The minimum absolute atomic E-state index is 0.0954. The van der Waals surface area contributed by atoms with Gasteiger partial charge in [-0.25, -0.2) is 23.5 Å². The van der Waals surface area contributed by atoms with Gasteiger partial charge in [0, 0.05) is 19.2 Å². The summed E-state index contributed by atoms with van der Waals surface area (Å²) in [6.07, 6.45) is 3.75. The normalized spacial score (nSPS) is 14.5. The topological polar surface area (TPSA) is 61.9 Å². The van der Waals surface area contributed by atoms with Crippen molar-refractivity contribution < 1.29 is 13.6 Å². The zero-order valence-electron chi connectivity index (χ0n) is 12.3. The molecule has 9 heteroatoms. The summed E-state index contributed by atoms with van der Waals surface area (Å²) in [6.45, 7) is 2.30. The third kappa shape index (κ3) is 2.88. The summed E-state index contributed by atoms with van der Waals surface area (Å²) in [6, 6.07) is 0.521. The molecule has 6 nitrogen and oxygen atoms in total. The predicted octanol–water partition coefficient (Wildman–Crippen LogP) is 4.04. The molecule has 0 atom stereocenters. The van der Waals surface area contributed by atoms with Gasteiger partial charge in [0.2, 0.25) is 0 Å². The Morgan fingerprint density at radius 3 is 3.04 bits per heavy atom. The fraction of sp³-hybridized carbons (Fsp3) is 0.357. The van der Waals surface area contributed by atoms with Crippen LogP contribution >= 0.6 is 24.4 Å². The first-order valence-corrected chi connectivity index (χ1v) is 7.91. The minimum atomic E-state index is -0.706. The molecule has 0 bridgehead atoms. The second-order valence-corrected chi connectivity index (χ2v) is 5.79. The average molecular weight is 357 g/mol. The number of thiol groups is 1. The van der Waals surface area contributed by atoms with E-state index in [0.29, 0.717) is 18.9 Å². The fourth-order valence-corrected chi connectivity index (χ4v) is 2.81. The van der Waals surface area contributed by atoms with Crippen molar-refractivity contribution in [2.45, 2.75) is 26.2 Å². The molecule has 2 heterocycles. The van der Waals surface area contributed by atoms with Gasteiger partial charge in [0.1, 0.15) is 11.2 Å². The summed E-state index contributed by atoms with van der Waals surface area (Å²) in [5.74, 6) is -0.304. The van der Waals surface area contributed by atoms with Crippen LogP contribution in [0.5, 0.6) is 0 Å². The molecule has 0 N–H and O–H groups in total. The zero-order chi connectivity index (χ0) is 16.6. The summed E-state index contributed by atoms with van der Waals surface area (Å²) in [5.41, 5.74) is 0.298. The lowest BCUT2D eigenvalue weighted by Crippen LogP contribution is -2.37. The van der Waals surface area contributed by atoms with Crippen LogP contribution in [0.1, 0.15) is 25.7 Å². The number of urea groups is 1. The molecular weight excluding hydrogens is 343 g/mol. The van der Waals surface area contributed by atoms with Gasteiger partial charge in [0.05, 0.1) is 5.02 Å². The largest absolute Gasteiger partial charge is 0.439 e. The van der Waals surface area contributed by atoms with Crippen LogP contribution in [-0.4, -0.2) is 28.8 Å². The summed E-state index contributed by atoms with van der Waals surface area (Å²) < 4.78 is 20.8. The van der Waals surface area contributed by atoms with E-state index in [4.69, 9.17) is 16.0 Å². The molecule has 2 aromatic rings. The average Bonchev–Trinajstić information content (AvgIpc) is 2.99. The number of hydrogen-bond donors (Lipinski definition) is 1. The molecule has 2 amide bonds. The van der Waals surface area contributed by atoms with E-state index >= 15 is 0 Å². The molecule has 1 aliphatic heterocycles. The van der Waals surface area contributed by atoms with Crippen LogP contribution in [-0.2, 0) is 6.42 Å². The third-order valence-electron chi connectivity index (χ3n) is 3.43. The number of hydrogen-bond acceptors (Lipinski definition) is 5. The number of aromatic nitrogens is 1. The quantitative estimate of drug-likeness (QED) is 0.826. The number of carbonyl (C=O) groups is 1. The van der Waals surface area contributed by atoms with Crippen LogP contribution < -0.4 is 4.31 Å². The van der Waals surface area contributed by atoms with E-state index in [-0.39, 0.29) is 21.8 Å². The van der Waals surface area contributed by atoms with Crippen LogP contribution in [0.4, 0.5) is 14.9 Å². The lowest BCUT2D eigenvalue weighted by Gasteiger charge is -2.25. The van der Waals surface area contributed by atoms with Crippen molar-refractivity contribution >= 4 is 53.4 Å². The maximum absolute atomic E-state index is 14.4. The first-order chi connectivity index (χ1) is 11.0. The molecule has 0 saturated carbocycles. The molecule has 0 aliphatic carbocycles. The highest BCUT2D eigenvalue weighted by Crippen LogP contribution is 2.36. The number of rotatable bonds is 2. The second-order valence-electron chi connectivity index (χ2n) is 4.99. The van der Waals surface area contributed by atoms with Crippen LogP contribution in [0.15, 0.2) is 15.6 Å². The Hall–Kier alpha value is -1.80. The Kier molecular flexibility index (Phi) is 4.45. The maximum Gasteiger partial charge on any atom is 0.355 e. The van der Waals surface area contributed by atoms with Gasteiger partial charge in [-0.15, -0.1) is 0 Å². The molecule has 1 aromatic heterocycles. The highest BCUT2D eigenvalue weighted by molar-refractivity contribution is 7.82. The summed E-state index contributed by atoms with van der Waals surface area (Å²) in [7, 11) is 0. The van der Waals surface area contributed by atoms with E-state index in [1.54, 1.807) is 6.21 Å². The SMILES string of the molecule is CCc1nc2c(N(S)C(=O)N3CCCC=N3)c(F)cc(Cl)c2o1. The monoisotopic (exact) mass is 356 g/mol. The zero-order valence-corrected chi connectivity index (χ0v) is 13.9. The van der Waals surface area contributed by atoms with Crippen molar-refractivity contribution in [2.75, 3.05) is 10.8 Å². The van der Waals surface area contributed by atoms with E-state index in [9.17, 15) is 9.18 Å². The Morgan fingerprint density at radius 2 is 2.39 bits per heavy atom. The van der Waals surface area contributed by atoms with Crippen LogP contribution in [0.2, 0.25) is 5.02 Å². The molecule has 0 saturated heterocycles. The van der Waals surface area contributed by atoms with Crippen LogP contribution in [0.3, 0.4) is 0 Å². The number of benzene rings is 1. The molecular formula is C14H14ClFN4O2S. The summed E-state index contributed by atoms with van der Waals surface area (Å²) in [4.78, 5) is 16.7. The van der Waals surface area contributed by atoms with Gasteiger partial charge in [-0.1, -0.05) is 31.3 Å². The molecule has 1 aromatic carbocycles. The summed E-state index contributed by atoms with van der Waals surface area (Å²) in [5, 5.41) is 5.33. The minimum Gasteiger partial charge on any atom is -0.439 e.